The maximum absolute atomic E-state index is 8.80. The maximum Gasteiger partial charge on any atom is 0.0459 e. The monoisotopic (exact) mass is 158 g/mol. The topological polar surface area (TPSA) is 20.2 Å². The van der Waals surface area contributed by atoms with Gasteiger partial charge < -0.3 is 5.11 Å². The largest absolute Gasteiger partial charge is 0.396 e. The lowest BCUT2D eigenvalue weighted by molar-refractivity contribution is 0.190. The zero-order chi connectivity index (χ0) is 8.69. The van der Waals surface area contributed by atoms with Crippen LogP contribution in [0.2, 0.25) is 0 Å². The van der Waals surface area contributed by atoms with Crippen molar-refractivity contribution in [3.63, 3.8) is 0 Å². The van der Waals surface area contributed by atoms with E-state index in [1.807, 2.05) is 13.8 Å². The lowest BCUT2D eigenvalue weighted by atomic mass is 9.94. The summed E-state index contributed by atoms with van der Waals surface area (Å²) in [6.45, 7) is 6.53. The quantitative estimate of drug-likeness (QED) is 0.655. The molecule has 0 spiro atoms. The molecule has 1 unspecified atom stereocenters. The van der Waals surface area contributed by atoms with E-state index in [4.69, 9.17) is 5.11 Å². The van der Waals surface area contributed by atoms with Gasteiger partial charge in [0.1, 0.15) is 0 Å². The van der Waals surface area contributed by atoms with E-state index in [-0.39, 0.29) is 0 Å². The predicted octanol–water partition coefficient (Wildman–Crippen LogP) is 2.83. The molecule has 11 heavy (non-hydrogen) atoms. The van der Waals surface area contributed by atoms with Crippen molar-refractivity contribution in [1.82, 2.24) is 0 Å². The van der Waals surface area contributed by atoms with E-state index in [0.717, 1.165) is 5.92 Å². The molecule has 1 saturated carbocycles. The van der Waals surface area contributed by atoms with Crippen molar-refractivity contribution in [1.29, 1.82) is 0 Å². The predicted molar refractivity (Wildman–Crippen MR) is 49.6 cm³/mol. The first kappa shape index (κ1) is 11.0. The number of hydrogen-bond donors (Lipinski definition) is 1. The van der Waals surface area contributed by atoms with E-state index in [0.29, 0.717) is 12.5 Å². The summed E-state index contributed by atoms with van der Waals surface area (Å²) in [4.78, 5) is 0. The molecule has 1 nitrogen and oxygen atoms in total. The van der Waals surface area contributed by atoms with E-state index in [1.165, 1.54) is 25.7 Å². The average Bonchev–Trinajstić information content (AvgIpc) is 2.59. The molecule has 1 N–H and O–H groups in total. The van der Waals surface area contributed by atoms with Crippen molar-refractivity contribution in [3.8, 4) is 0 Å². The molecule has 0 amide bonds. The summed E-state index contributed by atoms with van der Waals surface area (Å²) >= 11 is 0. The Hall–Kier alpha value is -0.0400. The van der Waals surface area contributed by atoms with Crippen LogP contribution in [0.15, 0.2) is 0 Å². The third-order valence-electron chi connectivity index (χ3n) is 2.49. The standard InChI is InChI=1S/C8H16O.C2H6/c1-7(6-9)8-4-2-3-5-8;1-2/h7-9H,2-6H2,1H3;1-2H3. The van der Waals surface area contributed by atoms with Crippen LogP contribution >= 0.6 is 0 Å². The third-order valence-corrected chi connectivity index (χ3v) is 2.49. The van der Waals surface area contributed by atoms with Crippen LogP contribution in [0.4, 0.5) is 0 Å². The summed E-state index contributed by atoms with van der Waals surface area (Å²) in [5, 5.41) is 8.80. The van der Waals surface area contributed by atoms with Crippen molar-refractivity contribution in [2.45, 2.75) is 46.5 Å². The van der Waals surface area contributed by atoms with Crippen molar-refractivity contribution >= 4 is 0 Å². The van der Waals surface area contributed by atoms with Gasteiger partial charge in [-0.1, -0.05) is 46.5 Å². The van der Waals surface area contributed by atoms with Gasteiger partial charge in [-0.25, -0.2) is 0 Å². The Bertz CT molecular complexity index is 74.9. The first-order chi connectivity index (χ1) is 5.34. The summed E-state index contributed by atoms with van der Waals surface area (Å²) in [7, 11) is 0. The summed E-state index contributed by atoms with van der Waals surface area (Å²) in [6, 6.07) is 0. The molecule has 1 rings (SSSR count). The molecular formula is C10H22O. The van der Waals surface area contributed by atoms with Gasteiger partial charge in [0.2, 0.25) is 0 Å². The molecule has 0 saturated heterocycles. The summed E-state index contributed by atoms with van der Waals surface area (Å²) in [5.74, 6) is 1.38. The Morgan fingerprint density at radius 2 is 1.73 bits per heavy atom. The highest BCUT2D eigenvalue weighted by molar-refractivity contribution is 4.71. The van der Waals surface area contributed by atoms with Crippen LogP contribution in [0.1, 0.15) is 46.5 Å². The molecule has 0 aromatic heterocycles. The van der Waals surface area contributed by atoms with Crippen molar-refractivity contribution in [2.75, 3.05) is 6.61 Å². The first-order valence-electron chi connectivity index (χ1n) is 4.95. The smallest absolute Gasteiger partial charge is 0.0459 e. The molecule has 0 bridgehead atoms. The Kier molecular flexibility index (Phi) is 6.63. The van der Waals surface area contributed by atoms with Gasteiger partial charge in [-0.2, -0.15) is 0 Å². The highest BCUT2D eigenvalue weighted by Crippen LogP contribution is 2.30. The molecule has 0 heterocycles. The minimum absolute atomic E-state index is 0.380. The molecule has 1 heteroatoms. The van der Waals surface area contributed by atoms with Gasteiger partial charge in [-0.05, 0) is 11.8 Å². The molecular weight excluding hydrogens is 136 g/mol. The van der Waals surface area contributed by atoms with E-state index in [9.17, 15) is 0 Å². The Labute approximate surface area is 70.8 Å². The zero-order valence-corrected chi connectivity index (χ0v) is 8.14. The van der Waals surface area contributed by atoms with E-state index in [1.54, 1.807) is 0 Å². The van der Waals surface area contributed by atoms with Gasteiger partial charge >= 0.3 is 0 Å². The van der Waals surface area contributed by atoms with E-state index in [2.05, 4.69) is 6.92 Å². The van der Waals surface area contributed by atoms with Crippen LogP contribution in [-0.4, -0.2) is 11.7 Å². The Morgan fingerprint density at radius 1 is 1.27 bits per heavy atom. The van der Waals surface area contributed by atoms with Gasteiger partial charge in [0.25, 0.3) is 0 Å². The average molecular weight is 158 g/mol. The highest BCUT2D eigenvalue weighted by Gasteiger charge is 2.20. The molecule has 0 aliphatic heterocycles. The van der Waals surface area contributed by atoms with Crippen LogP contribution < -0.4 is 0 Å². The first-order valence-corrected chi connectivity index (χ1v) is 4.95. The van der Waals surface area contributed by atoms with Crippen LogP contribution in [0.25, 0.3) is 0 Å². The Balaban J connectivity index is 0.000000461. The lowest BCUT2D eigenvalue weighted by Gasteiger charge is -2.14. The molecule has 1 aliphatic rings. The van der Waals surface area contributed by atoms with Gasteiger partial charge in [-0.3, -0.25) is 0 Å². The fourth-order valence-electron chi connectivity index (χ4n) is 1.68. The number of aliphatic hydroxyl groups is 1. The molecule has 1 atom stereocenters. The maximum atomic E-state index is 8.80. The molecule has 0 aromatic rings. The van der Waals surface area contributed by atoms with Crippen molar-refractivity contribution in [2.24, 2.45) is 11.8 Å². The second kappa shape index (κ2) is 6.66. The molecule has 1 fully saturated rings. The van der Waals surface area contributed by atoms with Crippen LogP contribution in [0.5, 0.6) is 0 Å². The minimum atomic E-state index is 0.380. The van der Waals surface area contributed by atoms with Crippen LogP contribution in [-0.2, 0) is 0 Å². The molecule has 1 aliphatic carbocycles. The minimum Gasteiger partial charge on any atom is -0.396 e. The zero-order valence-electron chi connectivity index (χ0n) is 8.14. The van der Waals surface area contributed by atoms with E-state index >= 15 is 0 Å². The van der Waals surface area contributed by atoms with Gasteiger partial charge in [0.05, 0.1) is 0 Å². The van der Waals surface area contributed by atoms with Crippen LogP contribution in [0, 0.1) is 11.8 Å². The Morgan fingerprint density at radius 3 is 2.09 bits per heavy atom. The molecule has 68 valence electrons. The van der Waals surface area contributed by atoms with Crippen molar-refractivity contribution < 1.29 is 5.11 Å². The third kappa shape index (κ3) is 3.76. The molecule has 0 aromatic carbocycles. The summed E-state index contributed by atoms with van der Waals surface area (Å²) in [5.41, 5.74) is 0. The fraction of sp³-hybridized carbons (Fsp3) is 1.00. The van der Waals surface area contributed by atoms with Gasteiger partial charge in [0.15, 0.2) is 0 Å². The molecule has 0 radical (unpaired) electrons. The summed E-state index contributed by atoms with van der Waals surface area (Å²) in [6.07, 6.45) is 5.47. The summed E-state index contributed by atoms with van der Waals surface area (Å²) < 4.78 is 0. The number of rotatable bonds is 2. The SMILES string of the molecule is CC.CC(CO)C1CCCC1. The normalized spacial score (nSPS) is 20.7. The van der Waals surface area contributed by atoms with Gasteiger partial charge in [0, 0.05) is 6.61 Å². The van der Waals surface area contributed by atoms with Crippen molar-refractivity contribution in [3.05, 3.63) is 0 Å². The fourth-order valence-corrected chi connectivity index (χ4v) is 1.68. The van der Waals surface area contributed by atoms with E-state index < -0.39 is 0 Å². The highest BCUT2D eigenvalue weighted by atomic mass is 16.3. The number of aliphatic hydroxyl groups excluding tert-OH is 1. The van der Waals surface area contributed by atoms with Gasteiger partial charge in [-0.15, -0.1) is 0 Å². The lowest BCUT2D eigenvalue weighted by Crippen LogP contribution is -2.11. The number of hydrogen-bond acceptors (Lipinski definition) is 1. The second-order valence-corrected chi connectivity index (χ2v) is 3.20. The van der Waals surface area contributed by atoms with Crippen LogP contribution in [0.3, 0.4) is 0 Å². The second-order valence-electron chi connectivity index (χ2n) is 3.20.